The molecule has 0 unspecified atom stereocenters. The highest BCUT2D eigenvalue weighted by atomic mass is 33.1. The molecule has 0 spiro atoms. The summed E-state index contributed by atoms with van der Waals surface area (Å²) < 4.78 is 0. The number of thiophene rings is 2. The van der Waals surface area contributed by atoms with Crippen molar-refractivity contribution in [1.82, 2.24) is 0 Å². The van der Waals surface area contributed by atoms with Gasteiger partial charge in [0.15, 0.2) is 0 Å². The smallest absolute Gasteiger partial charge is 0.335 e. The molecule has 2 heterocycles. The maximum atomic E-state index is 11.4. The van der Waals surface area contributed by atoms with Crippen LogP contribution in [0.2, 0.25) is 0 Å². The predicted molar refractivity (Wildman–Crippen MR) is 125 cm³/mol. The van der Waals surface area contributed by atoms with Crippen LogP contribution in [-0.4, -0.2) is 22.2 Å². The molecule has 0 atom stereocenters. The monoisotopic (exact) mass is 470 g/mol. The summed E-state index contributed by atoms with van der Waals surface area (Å²) >= 11 is 3.12. The van der Waals surface area contributed by atoms with Crippen LogP contribution in [0.1, 0.15) is 20.7 Å². The molecule has 2 aromatic heterocycles. The van der Waals surface area contributed by atoms with Crippen molar-refractivity contribution in [2.45, 2.75) is 9.79 Å². The number of hydrogen-bond donors (Lipinski definition) is 2. The first-order chi connectivity index (χ1) is 14.5. The van der Waals surface area contributed by atoms with Crippen LogP contribution in [-0.2, 0) is 0 Å². The summed E-state index contributed by atoms with van der Waals surface area (Å²) in [6.07, 6.45) is 0. The Morgan fingerprint density at radius 1 is 0.667 bits per heavy atom. The highest BCUT2D eigenvalue weighted by molar-refractivity contribution is 8.76. The van der Waals surface area contributed by atoms with Crippen molar-refractivity contribution in [2.75, 3.05) is 0 Å². The van der Waals surface area contributed by atoms with Crippen molar-refractivity contribution in [1.29, 1.82) is 0 Å². The fourth-order valence-corrected chi connectivity index (χ4v) is 6.81. The molecule has 0 saturated heterocycles. The van der Waals surface area contributed by atoms with Crippen molar-refractivity contribution in [3.63, 3.8) is 0 Å². The Labute approximate surface area is 188 Å². The molecule has 4 rings (SSSR count). The maximum absolute atomic E-state index is 11.4. The third kappa shape index (κ3) is 4.46. The Kier molecular flexibility index (Phi) is 6.29. The van der Waals surface area contributed by atoms with Gasteiger partial charge in [-0.2, -0.15) is 0 Å². The number of rotatable bonds is 7. The maximum Gasteiger partial charge on any atom is 0.335 e. The van der Waals surface area contributed by atoms with E-state index >= 15 is 0 Å². The molecule has 0 aliphatic heterocycles. The molecule has 4 aromatic rings. The first-order valence-electron chi connectivity index (χ1n) is 8.70. The van der Waals surface area contributed by atoms with Gasteiger partial charge in [0.25, 0.3) is 0 Å². The largest absolute Gasteiger partial charge is 0.478 e. The Morgan fingerprint density at radius 3 is 1.43 bits per heavy atom. The second-order valence-corrected chi connectivity index (χ2v) is 10.3. The topological polar surface area (TPSA) is 74.6 Å². The van der Waals surface area contributed by atoms with Crippen molar-refractivity contribution < 1.29 is 19.8 Å². The first-order valence-corrected chi connectivity index (χ1v) is 12.6. The Hall–Kier alpha value is -2.52. The van der Waals surface area contributed by atoms with Crippen LogP contribution in [0.15, 0.2) is 81.2 Å². The summed E-state index contributed by atoms with van der Waals surface area (Å²) in [6, 6.07) is 18.1. The van der Waals surface area contributed by atoms with Gasteiger partial charge in [-0.1, -0.05) is 33.7 Å². The molecule has 0 radical (unpaired) electrons. The van der Waals surface area contributed by atoms with Crippen molar-refractivity contribution in [3.05, 3.63) is 82.6 Å². The first kappa shape index (κ1) is 20.7. The van der Waals surface area contributed by atoms with Gasteiger partial charge in [0.1, 0.15) is 0 Å². The average Bonchev–Trinajstić information content (AvgIpc) is 3.46. The number of aromatic carboxylic acids is 2. The molecule has 2 N–H and O–H groups in total. The Bertz CT molecular complexity index is 1100. The molecule has 0 fully saturated rings. The van der Waals surface area contributed by atoms with Gasteiger partial charge < -0.3 is 10.2 Å². The number of carbonyl (C=O) groups is 2. The summed E-state index contributed by atoms with van der Waals surface area (Å²) in [5.41, 5.74) is 2.25. The van der Waals surface area contributed by atoms with E-state index in [1.165, 1.54) is 21.6 Å². The highest BCUT2D eigenvalue weighted by Gasteiger charge is 2.15. The van der Waals surface area contributed by atoms with Crippen molar-refractivity contribution in [2.24, 2.45) is 0 Å². The van der Waals surface area contributed by atoms with Crippen LogP contribution < -0.4 is 0 Å². The van der Waals surface area contributed by atoms with Crippen LogP contribution >= 0.6 is 44.3 Å². The number of carboxylic acid groups (broad SMARTS) is 2. The number of hydrogen-bond acceptors (Lipinski definition) is 6. The normalized spacial score (nSPS) is 10.8. The highest BCUT2D eigenvalue weighted by Crippen LogP contribution is 2.46. The van der Waals surface area contributed by atoms with Gasteiger partial charge in [0.2, 0.25) is 0 Å². The third-order valence-corrected chi connectivity index (χ3v) is 8.54. The van der Waals surface area contributed by atoms with Gasteiger partial charge in [-0.25, -0.2) is 9.59 Å². The molecule has 0 saturated carbocycles. The van der Waals surface area contributed by atoms with Crippen molar-refractivity contribution in [3.8, 4) is 20.9 Å². The van der Waals surface area contributed by atoms with E-state index in [2.05, 4.69) is 0 Å². The zero-order chi connectivity index (χ0) is 21.1. The minimum Gasteiger partial charge on any atom is -0.478 e. The quantitative estimate of drug-likeness (QED) is 0.275. The van der Waals surface area contributed by atoms with E-state index in [4.69, 9.17) is 0 Å². The molecule has 0 amide bonds. The van der Waals surface area contributed by atoms with Gasteiger partial charge in [0.05, 0.1) is 11.1 Å². The van der Waals surface area contributed by atoms with Gasteiger partial charge in [0, 0.05) is 30.7 Å². The molecular weight excluding hydrogens is 457 g/mol. The lowest BCUT2D eigenvalue weighted by molar-refractivity contribution is 0.0686. The number of benzene rings is 2. The summed E-state index contributed by atoms with van der Waals surface area (Å²) in [7, 11) is 3.06. The van der Waals surface area contributed by atoms with Crippen LogP contribution in [0.3, 0.4) is 0 Å². The fourth-order valence-electron chi connectivity index (χ4n) is 2.81. The summed E-state index contributed by atoms with van der Waals surface area (Å²) in [4.78, 5) is 26.7. The SMILES string of the molecule is O=C(O)c1ccc(SSc2ccc(C(=O)O)cc2-c2cccs2)c(-c2cccs2)c1. The lowest BCUT2D eigenvalue weighted by Crippen LogP contribution is -1.97. The van der Waals surface area contributed by atoms with Crippen LogP contribution in [0, 0.1) is 0 Å². The van der Waals surface area contributed by atoms with Crippen LogP contribution in [0.5, 0.6) is 0 Å². The van der Waals surface area contributed by atoms with Gasteiger partial charge >= 0.3 is 11.9 Å². The van der Waals surface area contributed by atoms with E-state index in [-0.39, 0.29) is 11.1 Å². The van der Waals surface area contributed by atoms with E-state index in [0.717, 1.165) is 30.7 Å². The minimum absolute atomic E-state index is 0.248. The predicted octanol–water partition coefficient (Wildman–Crippen LogP) is 7.34. The molecule has 30 heavy (non-hydrogen) atoms. The zero-order valence-corrected chi connectivity index (χ0v) is 18.5. The molecule has 4 nitrogen and oxygen atoms in total. The van der Waals surface area contributed by atoms with E-state index in [0.29, 0.717) is 0 Å². The van der Waals surface area contributed by atoms with Crippen LogP contribution in [0.25, 0.3) is 20.9 Å². The van der Waals surface area contributed by atoms with E-state index < -0.39 is 11.9 Å². The van der Waals surface area contributed by atoms with Gasteiger partial charge in [-0.05, 0) is 59.3 Å². The lowest BCUT2D eigenvalue weighted by atomic mass is 10.1. The Morgan fingerprint density at radius 2 is 1.10 bits per heavy atom. The van der Waals surface area contributed by atoms with Crippen molar-refractivity contribution >= 4 is 56.2 Å². The Balaban J connectivity index is 1.69. The van der Waals surface area contributed by atoms with Crippen LogP contribution in [0.4, 0.5) is 0 Å². The minimum atomic E-state index is -0.957. The zero-order valence-electron chi connectivity index (χ0n) is 15.3. The van der Waals surface area contributed by atoms with E-state index in [9.17, 15) is 19.8 Å². The molecule has 150 valence electrons. The molecular formula is C22H14O4S4. The van der Waals surface area contributed by atoms with Gasteiger partial charge in [-0.15, -0.1) is 22.7 Å². The number of carboxylic acids is 2. The molecule has 0 aliphatic carbocycles. The third-order valence-electron chi connectivity index (χ3n) is 4.25. The van der Waals surface area contributed by atoms with E-state index in [1.54, 1.807) is 46.9 Å². The molecule has 2 aromatic carbocycles. The summed E-state index contributed by atoms with van der Waals surface area (Å²) in [5.74, 6) is -1.91. The fraction of sp³-hybridized carbons (Fsp3) is 0. The average molecular weight is 471 g/mol. The molecule has 8 heteroatoms. The second kappa shape index (κ2) is 9.09. The lowest BCUT2D eigenvalue weighted by Gasteiger charge is -2.11. The molecule has 0 aliphatic rings. The summed E-state index contributed by atoms with van der Waals surface area (Å²) in [6.45, 7) is 0. The standard InChI is InChI=1S/C22H14O4S4/c23-21(24)13-5-7-19(15(11-13)17-3-1-9-27-17)29-30-20-8-6-14(22(25)26)12-16(20)18-4-2-10-28-18/h1-12H,(H,23,24)(H,25,26). The summed E-state index contributed by atoms with van der Waals surface area (Å²) in [5, 5.41) is 22.7. The molecule has 0 bridgehead atoms. The second-order valence-electron chi connectivity index (χ2n) is 6.15. The van der Waals surface area contributed by atoms with Gasteiger partial charge in [-0.3, -0.25) is 0 Å². The van der Waals surface area contributed by atoms with E-state index in [1.807, 2.05) is 47.2 Å².